The van der Waals surface area contributed by atoms with Crippen molar-refractivity contribution in [3.05, 3.63) is 64.8 Å². The van der Waals surface area contributed by atoms with E-state index in [1.165, 1.54) is 6.42 Å². The number of carbonyl (C=O) groups excluding carboxylic acids is 1. The number of rotatable bonds is 4. The largest absolute Gasteiger partial charge is 0.508 e. The van der Waals surface area contributed by atoms with Gasteiger partial charge in [0, 0.05) is 24.2 Å². The standard InChI is InChI=1S/C22H23ClN4O2/c1-15-20(22(29)25-26-13-5-2-6-14-26)24-27(19-8-4-3-7-18(19)23)21(15)16-9-11-17(28)12-10-16/h3-4,7-12,28H,2,5-6,13-14H2,1H3,(H,25,29). The Kier molecular flexibility index (Phi) is 5.56. The van der Waals surface area contributed by atoms with E-state index >= 15 is 0 Å². The van der Waals surface area contributed by atoms with Crippen molar-refractivity contribution >= 4 is 17.5 Å². The van der Waals surface area contributed by atoms with Crippen molar-refractivity contribution in [1.29, 1.82) is 0 Å². The first-order valence-corrected chi connectivity index (χ1v) is 10.1. The number of hydrogen-bond donors (Lipinski definition) is 2. The van der Waals surface area contributed by atoms with Gasteiger partial charge >= 0.3 is 0 Å². The Morgan fingerprint density at radius 1 is 1.07 bits per heavy atom. The third-order valence-electron chi connectivity index (χ3n) is 5.17. The molecular weight excluding hydrogens is 388 g/mol. The van der Waals surface area contributed by atoms with Crippen LogP contribution in [0.1, 0.15) is 35.3 Å². The third kappa shape index (κ3) is 3.99. The Balaban J connectivity index is 1.79. The van der Waals surface area contributed by atoms with E-state index in [4.69, 9.17) is 11.6 Å². The van der Waals surface area contributed by atoms with Crippen LogP contribution in [0.5, 0.6) is 5.75 Å². The molecule has 1 saturated heterocycles. The molecule has 1 aliphatic rings. The van der Waals surface area contributed by atoms with Crippen LogP contribution >= 0.6 is 11.6 Å². The number of piperidine rings is 1. The number of phenolic OH excluding ortho intramolecular Hbond substituents is 1. The average molecular weight is 411 g/mol. The summed E-state index contributed by atoms with van der Waals surface area (Å²) in [5.41, 5.74) is 6.40. The number of amides is 1. The van der Waals surface area contributed by atoms with Crippen LogP contribution in [0.15, 0.2) is 48.5 Å². The summed E-state index contributed by atoms with van der Waals surface area (Å²) in [4.78, 5) is 13.0. The molecule has 6 nitrogen and oxygen atoms in total. The van der Waals surface area contributed by atoms with Crippen molar-refractivity contribution in [1.82, 2.24) is 20.2 Å². The lowest BCUT2D eigenvalue weighted by Gasteiger charge is -2.26. The van der Waals surface area contributed by atoms with Crippen LogP contribution in [0.4, 0.5) is 0 Å². The summed E-state index contributed by atoms with van der Waals surface area (Å²) in [6, 6.07) is 14.2. The van der Waals surface area contributed by atoms with Gasteiger partial charge in [-0.15, -0.1) is 0 Å². The minimum absolute atomic E-state index is 0.179. The van der Waals surface area contributed by atoms with Crippen LogP contribution < -0.4 is 5.43 Å². The summed E-state index contributed by atoms with van der Waals surface area (Å²) in [7, 11) is 0. The van der Waals surface area contributed by atoms with Crippen LogP contribution in [0, 0.1) is 6.92 Å². The fourth-order valence-corrected chi connectivity index (χ4v) is 3.89. The second-order valence-corrected chi connectivity index (χ2v) is 7.63. The topological polar surface area (TPSA) is 70.4 Å². The van der Waals surface area contributed by atoms with Crippen LogP contribution in [-0.4, -0.2) is 38.9 Å². The summed E-state index contributed by atoms with van der Waals surface area (Å²) < 4.78 is 1.70. The minimum Gasteiger partial charge on any atom is -0.508 e. The first-order chi connectivity index (χ1) is 14.0. The second-order valence-electron chi connectivity index (χ2n) is 7.22. The molecule has 1 fully saturated rings. The highest BCUT2D eigenvalue weighted by atomic mass is 35.5. The van der Waals surface area contributed by atoms with Gasteiger partial charge in [0.1, 0.15) is 5.75 Å². The number of halogens is 1. The number of aromatic nitrogens is 2. The molecule has 0 bridgehead atoms. The summed E-state index contributed by atoms with van der Waals surface area (Å²) >= 11 is 6.43. The van der Waals surface area contributed by atoms with Crippen LogP contribution in [0.25, 0.3) is 16.9 Å². The first kappa shape index (κ1) is 19.5. The van der Waals surface area contributed by atoms with Gasteiger partial charge in [-0.2, -0.15) is 5.10 Å². The zero-order valence-corrected chi connectivity index (χ0v) is 17.0. The van der Waals surface area contributed by atoms with Crippen LogP contribution in [-0.2, 0) is 0 Å². The van der Waals surface area contributed by atoms with Gasteiger partial charge in [-0.05, 0) is 56.2 Å². The van der Waals surface area contributed by atoms with Gasteiger partial charge in [0.2, 0.25) is 0 Å². The minimum atomic E-state index is -0.227. The molecule has 4 rings (SSSR count). The lowest BCUT2D eigenvalue weighted by molar-refractivity contribution is 0.0743. The van der Waals surface area contributed by atoms with Gasteiger partial charge in [0.05, 0.1) is 16.4 Å². The molecule has 1 amide bonds. The Hall–Kier alpha value is -2.83. The summed E-state index contributed by atoms with van der Waals surface area (Å²) in [6.07, 6.45) is 3.34. The quantitative estimate of drug-likeness (QED) is 0.671. The van der Waals surface area contributed by atoms with Gasteiger partial charge in [-0.1, -0.05) is 30.2 Å². The van der Waals surface area contributed by atoms with Gasteiger partial charge in [0.15, 0.2) is 5.69 Å². The van der Waals surface area contributed by atoms with E-state index in [9.17, 15) is 9.90 Å². The zero-order valence-electron chi connectivity index (χ0n) is 16.2. The fourth-order valence-electron chi connectivity index (χ4n) is 3.67. The van der Waals surface area contributed by atoms with Gasteiger partial charge in [-0.25, -0.2) is 9.69 Å². The number of nitrogens with one attached hydrogen (secondary N) is 1. The molecule has 2 heterocycles. The van der Waals surface area contributed by atoms with E-state index < -0.39 is 0 Å². The van der Waals surface area contributed by atoms with Crippen molar-refractivity contribution in [2.45, 2.75) is 26.2 Å². The van der Waals surface area contributed by atoms with Crippen molar-refractivity contribution in [3.63, 3.8) is 0 Å². The molecule has 0 radical (unpaired) electrons. The molecule has 0 spiro atoms. The first-order valence-electron chi connectivity index (χ1n) is 9.74. The highest BCUT2D eigenvalue weighted by Gasteiger charge is 2.24. The normalized spacial score (nSPS) is 14.7. The molecule has 3 aromatic rings. The van der Waals surface area contributed by atoms with Crippen molar-refractivity contribution < 1.29 is 9.90 Å². The molecule has 150 valence electrons. The monoisotopic (exact) mass is 410 g/mol. The number of benzene rings is 2. The number of hydrazine groups is 1. The van der Waals surface area contributed by atoms with E-state index in [1.807, 2.05) is 30.1 Å². The van der Waals surface area contributed by atoms with Crippen molar-refractivity contribution in [3.8, 4) is 22.7 Å². The van der Waals surface area contributed by atoms with Gasteiger partial charge in [-0.3, -0.25) is 10.2 Å². The van der Waals surface area contributed by atoms with E-state index in [0.717, 1.165) is 42.8 Å². The fraction of sp³-hybridized carbons (Fsp3) is 0.273. The molecule has 1 aromatic heterocycles. The molecule has 0 unspecified atom stereocenters. The Morgan fingerprint density at radius 3 is 2.45 bits per heavy atom. The molecule has 0 saturated carbocycles. The smallest absolute Gasteiger partial charge is 0.286 e. The maximum atomic E-state index is 13.0. The predicted octanol–water partition coefficient (Wildman–Crippen LogP) is 4.34. The number of aromatic hydroxyl groups is 1. The average Bonchev–Trinajstić information content (AvgIpc) is 3.07. The van der Waals surface area contributed by atoms with Crippen LogP contribution in [0.3, 0.4) is 0 Å². The highest BCUT2D eigenvalue weighted by molar-refractivity contribution is 6.32. The van der Waals surface area contributed by atoms with Crippen molar-refractivity contribution in [2.75, 3.05) is 13.1 Å². The van der Waals surface area contributed by atoms with Gasteiger partial charge in [0.25, 0.3) is 5.91 Å². The van der Waals surface area contributed by atoms with Crippen LogP contribution in [0.2, 0.25) is 5.02 Å². The lowest BCUT2D eigenvalue weighted by Crippen LogP contribution is -2.45. The number of para-hydroxylation sites is 1. The molecule has 2 aromatic carbocycles. The predicted molar refractivity (Wildman–Crippen MR) is 113 cm³/mol. The Labute approximate surface area is 174 Å². The maximum Gasteiger partial charge on any atom is 0.286 e. The Bertz CT molecular complexity index is 1020. The third-order valence-corrected chi connectivity index (χ3v) is 5.49. The lowest BCUT2D eigenvalue weighted by atomic mass is 10.1. The van der Waals surface area contributed by atoms with E-state index in [-0.39, 0.29) is 11.7 Å². The highest BCUT2D eigenvalue weighted by Crippen LogP contribution is 2.32. The molecule has 2 N–H and O–H groups in total. The summed E-state index contributed by atoms with van der Waals surface area (Å²) in [6.45, 7) is 3.58. The van der Waals surface area contributed by atoms with E-state index in [0.29, 0.717) is 16.4 Å². The Morgan fingerprint density at radius 2 is 1.76 bits per heavy atom. The number of carbonyl (C=O) groups is 1. The maximum absolute atomic E-state index is 13.0. The zero-order chi connectivity index (χ0) is 20.4. The number of hydrogen-bond acceptors (Lipinski definition) is 4. The molecule has 1 aliphatic heterocycles. The molecular formula is C22H23ClN4O2. The van der Waals surface area contributed by atoms with E-state index in [2.05, 4.69) is 10.5 Å². The SMILES string of the molecule is Cc1c(C(=O)NN2CCCCC2)nn(-c2ccccc2Cl)c1-c1ccc(O)cc1. The summed E-state index contributed by atoms with van der Waals surface area (Å²) in [5, 5.41) is 16.8. The molecule has 0 aliphatic carbocycles. The molecule has 29 heavy (non-hydrogen) atoms. The molecule has 0 atom stereocenters. The van der Waals surface area contributed by atoms with E-state index in [1.54, 1.807) is 35.0 Å². The molecule has 7 heteroatoms. The number of nitrogens with zero attached hydrogens (tertiary/aromatic N) is 3. The summed E-state index contributed by atoms with van der Waals surface area (Å²) in [5.74, 6) is -0.0477. The second kappa shape index (κ2) is 8.27. The van der Waals surface area contributed by atoms with Crippen molar-refractivity contribution in [2.24, 2.45) is 0 Å². The number of phenols is 1. The van der Waals surface area contributed by atoms with Gasteiger partial charge < -0.3 is 5.11 Å².